The van der Waals surface area contributed by atoms with Crippen LogP contribution in [0.25, 0.3) is 10.9 Å². The van der Waals surface area contributed by atoms with Crippen LogP contribution < -0.4 is 4.74 Å². The van der Waals surface area contributed by atoms with Crippen molar-refractivity contribution < 1.29 is 14.6 Å². The van der Waals surface area contributed by atoms with Gasteiger partial charge in [-0.05, 0) is 25.0 Å². The zero-order valence-electron chi connectivity index (χ0n) is 11.1. The summed E-state index contributed by atoms with van der Waals surface area (Å²) in [5.74, 6) is 0.0876. The van der Waals surface area contributed by atoms with Gasteiger partial charge < -0.3 is 14.4 Å². The molecule has 1 N–H and O–H groups in total. The first-order valence-electron chi connectivity index (χ1n) is 6.42. The van der Waals surface area contributed by atoms with E-state index in [1.54, 1.807) is 7.11 Å². The van der Waals surface area contributed by atoms with E-state index in [-0.39, 0.29) is 11.8 Å². The number of fused-ring (bicyclic) bond motifs is 1. The van der Waals surface area contributed by atoms with Gasteiger partial charge >= 0.3 is 5.97 Å². The van der Waals surface area contributed by atoms with Crippen LogP contribution in [-0.4, -0.2) is 22.8 Å². The molecule has 19 heavy (non-hydrogen) atoms. The lowest BCUT2D eigenvalue weighted by Crippen LogP contribution is -2.14. The average molecular weight is 259 g/mol. The van der Waals surface area contributed by atoms with E-state index >= 15 is 0 Å². The maximum absolute atomic E-state index is 11.1. The summed E-state index contributed by atoms with van der Waals surface area (Å²) >= 11 is 0. The van der Waals surface area contributed by atoms with E-state index in [1.165, 1.54) is 0 Å². The van der Waals surface area contributed by atoms with E-state index in [4.69, 9.17) is 9.84 Å². The number of nitrogens with zero attached hydrogens (tertiary/aromatic N) is 1. The summed E-state index contributed by atoms with van der Waals surface area (Å²) in [6.07, 6.45) is 4.03. The zero-order valence-corrected chi connectivity index (χ0v) is 11.1. The van der Waals surface area contributed by atoms with Gasteiger partial charge in [0, 0.05) is 29.6 Å². The fourth-order valence-electron chi connectivity index (χ4n) is 2.94. The lowest BCUT2D eigenvalue weighted by molar-refractivity contribution is -0.137. The predicted molar refractivity (Wildman–Crippen MR) is 72.6 cm³/mol. The Morgan fingerprint density at radius 1 is 1.42 bits per heavy atom. The van der Waals surface area contributed by atoms with Crippen molar-refractivity contribution in [2.45, 2.75) is 24.7 Å². The number of rotatable bonds is 4. The van der Waals surface area contributed by atoms with Gasteiger partial charge in [-0.1, -0.05) is 6.07 Å². The molecule has 1 saturated carbocycles. The fourth-order valence-corrected chi connectivity index (χ4v) is 2.94. The molecule has 0 atom stereocenters. The zero-order chi connectivity index (χ0) is 13.6. The number of ether oxygens (including phenoxy) is 1. The molecule has 2 aromatic rings. The lowest BCUT2D eigenvalue weighted by Gasteiger charge is -2.18. The topological polar surface area (TPSA) is 51.5 Å². The van der Waals surface area contributed by atoms with Gasteiger partial charge in [0.05, 0.1) is 19.0 Å². The first-order chi connectivity index (χ1) is 9.07. The summed E-state index contributed by atoms with van der Waals surface area (Å²) in [4.78, 5) is 11.1. The van der Waals surface area contributed by atoms with Crippen molar-refractivity contribution in [2.75, 3.05) is 7.11 Å². The van der Waals surface area contributed by atoms with Crippen LogP contribution in [-0.2, 0) is 17.3 Å². The number of carboxylic acids is 1. The van der Waals surface area contributed by atoms with E-state index < -0.39 is 5.97 Å². The van der Waals surface area contributed by atoms with E-state index in [9.17, 15) is 4.79 Å². The molecule has 4 heteroatoms. The van der Waals surface area contributed by atoms with Gasteiger partial charge in [-0.25, -0.2) is 0 Å². The van der Waals surface area contributed by atoms with Crippen molar-refractivity contribution in [3.8, 4) is 5.75 Å². The van der Waals surface area contributed by atoms with Crippen LogP contribution in [0.2, 0.25) is 0 Å². The summed E-state index contributed by atoms with van der Waals surface area (Å²) in [6, 6.07) is 6.10. The molecule has 0 unspecified atom stereocenters. The molecular formula is C15H17NO3. The first-order valence-corrected chi connectivity index (χ1v) is 6.42. The minimum Gasteiger partial charge on any atom is -0.496 e. The van der Waals surface area contributed by atoms with Gasteiger partial charge in [0.25, 0.3) is 0 Å². The van der Waals surface area contributed by atoms with Crippen molar-refractivity contribution in [3.63, 3.8) is 0 Å². The first kappa shape index (κ1) is 12.1. The minimum atomic E-state index is -0.743. The molecular weight excluding hydrogens is 242 g/mol. The fraction of sp³-hybridized carbons (Fsp3) is 0.400. The third-order valence-electron chi connectivity index (χ3n) is 4.14. The van der Waals surface area contributed by atoms with Crippen LogP contribution >= 0.6 is 0 Å². The number of aliphatic carboxylic acids is 1. The highest BCUT2D eigenvalue weighted by molar-refractivity contribution is 5.89. The number of benzene rings is 1. The number of hydrogen-bond donors (Lipinski definition) is 1. The summed E-state index contributed by atoms with van der Waals surface area (Å²) in [7, 11) is 3.65. The quantitative estimate of drug-likeness (QED) is 0.918. The van der Waals surface area contributed by atoms with Crippen molar-refractivity contribution in [1.29, 1.82) is 0 Å². The van der Waals surface area contributed by atoms with E-state index in [1.807, 2.05) is 29.9 Å². The highest BCUT2D eigenvalue weighted by Crippen LogP contribution is 2.55. The Morgan fingerprint density at radius 3 is 2.74 bits per heavy atom. The Balaban J connectivity index is 2.16. The number of carboxylic acid groups (broad SMARTS) is 1. The van der Waals surface area contributed by atoms with Gasteiger partial charge in [0.15, 0.2) is 0 Å². The molecule has 0 bridgehead atoms. The van der Waals surface area contributed by atoms with Gasteiger partial charge in [0.2, 0.25) is 0 Å². The normalized spacial score (nSPS) is 16.5. The van der Waals surface area contributed by atoms with Crippen LogP contribution in [0.4, 0.5) is 0 Å². The Kier molecular flexibility index (Phi) is 2.55. The third kappa shape index (κ3) is 1.79. The van der Waals surface area contributed by atoms with Crippen LogP contribution in [0.1, 0.15) is 24.8 Å². The molecule has 1 aromatic heterocycles. The molecule has 1 aromatic carbocycles. The van der Waals surface area contributed by atoms with Crippen LogP contribution in [0, 0.1) is 0 Å². The second-order valence-corrected chi connectivity index (χ2v) is 5.36. The van der Waals surface area contributed by atoms with E-state index in [0.717, 1.165) is 35.1 Å². The largest absolute Gasteiger partial charge is 0.496 e. The lowest BCUT2D eigenvalue weighted by atomic mass is 9.90. The SMILES string of the molecule is COc1c(C2(CC(=O)O)CC2)ccc2c1ccn2C. The molecule has 0 amide bonds. The van der Waals surface area contributed by atoms with Crippen molar-refractivity contribution in [3.05, 3.63) is 30.0 Å². The number of hydrogen-bond acceptors (Lipinski definition) is 2. The van der Waals surface area contributed by atoms with Crippen molar-refractivity contribution in [1.82, 2.24) is 4.57 Å². The molecule has 1 aliphatic carbocycles. The maximum atomic E-state index is 11.1. The summed E-state index contributed by atoms with van der Waals surface area (Å²) < 4.78 is 7.61. The van der Waals surface area contributed by atoms with Crippen molar-refractivity contribution >= 4 is 16.9 Å². The summed E-state index contributed by atoms with van der Waals surface area (Å²) in [6.45, 7) is 0. The van der Waals surface area contributed by atoms with E-state index in [0.29, 0.717) is 0 Å². The number of aromatic nitrogens is 1. The second-order valence-electron chi connectivity index (χ2n) is 5.36. The Labute approximate surface area is 111 Å². The molecule has 0 spiro atoms. The molecule has 4 nitrogen and oxygen atoms in total. The Hall–Kier alpha value is -1.97. The number of methoxy groups -OCH3 is 1. The van der Waals surface area contributed by atoms with Crippen LogP contribution in [0.15, 0.2) is 24.4 Å². The number of aryl methyl sites for hydroxylation is 1. The predicted octanol–water partition coefficient (Wildman–Crippen LogP) is 2.69. The van der Waals surface area contributed by atoms with Crippen LogP contribution in [0.3, 0.4) is 0 Å². The third-order valence-corrected chi connectivity index (χ3v) is 4.14. The van der Waals surface area contributed by atoms with Crippen LogP contribution in [0.5, 0.6) is 5.75 Å². The Morgan fingerprint density at radius 2 is 2.16 bits per heavy atom. The Bertz CT molecular complexity index is 653. The smallest absolute Gasteiger partial charge is 0.304 e. The molecule has 1 fully saturated rings. The van der Waals surface area contributed by atoms with Gasteiger partial charge in [-0.15, -0.1) is 0 Å². The highest BCUT2D eigenvalue weighted by Gasteiger charge is 2.48. The molecule has 100 valence electrons. The molecule has 0 radical (unpaired) electrons. The van der Waals surface area contributed by atoms with E-state index in [2.05, 4.69) is 6.07 Å². The maximum Gasteiger partial charge on any atom is 0.304 e. The molecule has 3 rings (SSSR count). The number of carbonyl (C=O) groups is 1. The monoisotopic (exact) mass is 259 g/mol. The second kappa shape index (κ2) is 4.02. The van der Waals surface area contributed by atoms with Gasteiger partial charge in [0.1, 0.15) is 5.75 Å². The summed E-state index contributed by atoms with van der Waals surface area (Å²) in [5.41, 5.74) is 1.92. The average Bonchev–Trinajstić information content (AvgIpc) is 3.04. The van der Waals surface area contributed by atoms with Crippen molar-refractivity contribution in [2.24, 2.45) is 7.05 Å². The van der Waals surface area contributed by atoms with Gasteiger partial charge in [-0.2, -0.15) is 0 Å². The molecule has 0 saturated heterocycles. The molecule has 1 heterocycles. The molecule has 1 aliphatic rings. The minimum absolute atomic E-state index is 0.182. The standard InChI is InChI=1S/C15H17NO3/c1-16-8-5-10-12(16)4-3-11(14(10)19-2)15(6-7-15)9-13(17)18/h3-5,8H,6-7,9H2,1-2H3,(H,17,18). The molecule has 0 aliphatic heterocycles. The highest BCUT2D eigenvalue weighted by atomic mass is 16.5. The van der Waals surface area contributed by atoms with Gasteiger partial charge in [-0.3, -0.25) is 4.79 Å². The summed E-state index contributed by atoms with van der Waals surface area (Å²) in [5, 5.41) is 10.1.